The first-order chi connectivity index (χ1) is 29.1. The molecule has 0 saturated carbocycles. The zero-order valence-corrected chi connectivity index (χ0v) is 41.1. The van der Waals surface area contributed by atoms with Gasteiger partial charge < -0.3 is 14.0 Å². The molecule has 0 amide bonds. The molecule has 0 aliphatic carbocycles. The molecular formula is C54H55IrN5OSi-2. The van der Waals surface area contributed by atoms with E-state index in [-0.39, 0.29) is 31.4 Å². The minimum Gasteiger partial charge on any atom is -0.499 e. The van der Waals surface area contributed by atoms with Gasteiger partial charge in [-0.1, -0.05) is 129 Å². The van der Waals surface area contributed by atoms with E-state index in [0.717, 1.165) is 72.7 Å². The van der Waals surface area contributed by atoms with Crippen LogP contribution in [-0.4, -0.2) is 32.6 Å². The molecule has 0 aliphatic heterocycles. The standard InChI is InChI=1S/C37H33N4O.C17H22NSi.Ir/c1-22(2)28-20-31-29(21-39-28)40-36(26-16-14-23(3)33-34-32(42-35(26)33)13-10-18-38-34)41(31)30-17-15-25(19-27(30)37(4,5)6)24-11-8-7-9-12-24;1-13(2)15-11-16(14-9-7-6-8-10-14)18-12-17(15)19(3,4)5;/h7-15,17-22H,1-6H3;6-9,11-13H,1-5H3;/q2*-1;. The predicted octanol–water partition coefficient (Wildman–Crippen LogP) is 13.8. The van der Waals surface area contributed by atoms with Crippen molar-refractivity contribution in [1.29, 1.82) is 0 Å². The van der Waals surface area contributed by atoms with Gasteiger partial charge in [-0.3, -0.25) is 15.0 Å². The molecule has 0 spiro atoms. The second kappa shape index (κ2) is 17.7. The Bertz CT molecular complexity index is 3010. The fourth-order valence-electron chi connectivity index (χ4n) is 8.10. The second-order valence-corrected chi connectivity index (χ2v) is 23.8. The molecular weight excluding hydrogens is 955 g/mol. The van der Waals surface area contributed by atoms with Gasteiger partial charge >= 0.3 is 0 Å². The molecule has 0 unspecified atom stereocenters. The van der Waals surface area contributed by atoms with Crippen LogP contribution in [0.5, 0.6) is 0 Å². The maximum absolute atomic E-state index is 6.48. The average Bonchev–Trinajstić information content (AvgIpc) is 3.83. The third kappa shape index (κ3) is 8.74. The minimum absolute atomic E-state index is 0. The van der Waals surface area contributed by atoms with E-state index in [1.165, 1.54) is 27.4 Å². The van der Waals surface area contributed by atoms with Crippen LogP contribution in [0.3, 0.4) is 0 Å². The Kier molecular flexibility index (Phi) is 12.7. The second-order valence-electron chi connectivity index (χ2n) is 18.7. The van der Waals surface area contributed by atoms with Gasteiger partial charge in [-0.15, -0.1) is 53.6 Å². The SMILES string of the molecule is CC(C)c1cc(-c2[c-]cccc2)ncc1[Si](C)(C)C.Cc1c[c-]c(-c2nc3cnc(C(C)C)cc3n2-c2ccc(-c3ccccc3)cc2C(C)(C)C)c2oc3cccnc3c12.[Ir]. The van der Waals surface area contributed by atoms with Crippen molar-refractivity contribution in [1.82, 2.24) is 24.5 Å². The Balaban J connectivity index is 0.000000244. The molecule has 6 nitrogen and oxygen atoms in total. The Morgan fingerprint density at radius 3 is 2.19 bits per heavy atom. The Morgan fingerprint density at radius 1 is 0.758 bits per heavy atom. The number of aromatic nitrogens is 5. The molecule has 5 aromatic heterocycles. The van der Waals surface area contributed by atoms with Crippen LogP contribution < -0.4 is 5.19 Å². The fraction of sp³-hybridized carbons (Fsp3) is 0.259. The molecule has 1 radical (unpaired) electrons. The number of hydrogen-bond donors (Lipinski definition) is 0. The van der Waals surface area contributed by atoms with E-state index in [1.807, 2.05) is 48.8 Å². The average molecular weight is 1010 g/mol. The van der Waals surface area contributed by atoms with Gasteiger partial charge in [0.2, 0.25) is 0 Å². The summed E-state index contributed by atoms with van der Waals surface area (Å²) >= 11 is 0. The molecule has 62 heavy (non-hydrogen) atoms. The molecule has 4 aromatic carbocycles. The van der Waals surface area contributed by atoms with Crippen molar-refractivity contribution >= 4 is 46.4 Å². The van der Waals surface area contributed by atoms with Gasteiger partial charge in [0, 0.05) is 43.9 Å². The van der Waals surface area contributed by atoms with Gasteiger partial charge in [0.15, 0.2) is 0 Å². The predicted molar refractivity (Wildman–Crippen MR) is 257 cm³/mol. The first kappa shape index (κ1) is 44.5. The van der Waals surface area contributed by atoms with Crippen molar-refractivity contribution < 1.29 is 24.5 Å². The summed E-state index contributed by atoms with van der Waals surface area (Å²) in [6, 6.07) is 42.5. The summed E-state index contributed by atoms with van der Waals surface area (Å²) in [5.74, 6) is 1.59. The van der Waals surface area contributed by atoms with Crippen molar-refractivity contribution in [3.05, 3.63) is 156 Å². The number of hydrogen-bond acceptors (Lipinski definition) is 5. The Hall–Kier alpha value is -5.53. The summed E-state index contributed by atoms with van der Waals surface area (Å²) in [7, 11) is -1.34. The molecule has 0 N–H and O–H groups in total. The summed E-state index contributed by atoms with van der Waals surface area (Å²) < 4.78 is 8.76. The van der Waals surface area contributed by atoms with E-state index in [1.54, 1.807) is 0 Å². The van der Waals surface area contributed by atoms with Gasteiger partial charge in [-0.25, -0.2) is 0 Å². The molecule has 0 saturated heterocycles. The third-order valence-electron chi connectivity index (χ3n) is 11.4. The van der Waals surface area contributed by atoms with Gasteiger partial charge in [0.1, 0.15) is 5.58 Å². The molecule has 9 aromatic rings. The van der Waals surface area contributed by atoms with E-state index in [2.05, 4.69) is 175 Å². The smallest absolute Gasteiger partial charge is 0.139 e. The summed E-state index contributed by atoms with van der Waals surface area (Å²) in [5.41, 5.74) is 15.2. The molecule has 317 valence electrons. The largest absolute Gasteiger partial charge is 0.499 e. The zero-order chi connectivity index (χ0) is 43.2. The first-order valence-electron chi connectivity index (χ1n) is 21.3. The van der Waals surface area contributed by atoms with Crippen LogP contribution in [0, 0.1) is 19.1 Å². The van der Waals surface area contributed by atoms with Gasteiger partial charge in [-0.05, 0) is 80.5 Å². The van der Waals surface area contributed by atoms with E-state index in [9.17, 15) is 0 Å². The third-order valence-corrected chi connectivity index (χ3v) is 13.4. The van der Waals surface area contributed by atoms with Crippen LogP contribution in [0.2, 0.25) is 19.6 Å². The van der Waals surface area contributed by atoms with Crippen molar-refractivity contribution in [2.45, 2.75) is 92.3 Å². The Morgan fingerprint density at radius 2 is 1.52 bits per heavy atom. The van der Waals surface area contributed by atoms with Crippen LogP contribution in [0.4, 0.5) is 0 Å². The minimum atomic E-state index is -1.34. The van der Waals surface area contributed by atoms with Crippen LogP contribution in [-0.2, 0) is 25.5 Å². The van der Waals surface area contributed by atoms with E-state index < -0.39 is 8.07 Å². The number of imidazole rings is 1. The van der Waals surface area contributed by atoms with Crippen LogP contribution >= 0.6 is 0 Å². The number of benzene rings is 4. The van der Waals surface area contributed by atoms with E-state index in [0.29, 0.717) is 5.92 Å². The molecule has 0 atom stereocenters. The first-order valence-corrected chi connectivity index (χ1v) is 24.8. The van der Waals surface area contributed by atoms with Gasteiger partial charge in [0.25, 0.3) is 0 Å². The normalized spacial score (nSPS) is 12.0. The molecule has 0 fully saturated rings. The summed E-state index contributed by atoms with van der Waals surface area (Å²) in [4.78, 5) is 19.3. The maximum Gasteiger partial charge on any atom is 0.139 e. The number of furan rings is 1. The van der Waals surface area contributed by atoms with Crippen molar-refractivity contribution in [2.75, 3.05) is 0 Å². The number of pyridine rings is 3. The quantitative estimate of drug-likeness (QED) is 0.118. The topological polar surface area (TPSA) is 69.6 Å². The van der Waals surface area contributed by atoms with Gasteiger partial charge in [-0.2, -0.15) is 0 Å². The van der Waals surface area contributed by atoms with Crippen LogP contribution in [0.1, 0.15) is 82.7 Å². The summed E-state index contributed by atoms with van der Waals surface area (Å²) in [6.07, 6.45) is 5.80. The molecule has 0 bridgehead atoms. The van der Waals surface area contributed by atoms with E-state index >= 15 is 0 Å². The monoisotopic (exact) mass is 1010 g/mol. The number of rotatable bonds is 7. The Labute approximate surface area is 381 Å². The zero-order valence-electron chi connectivity index (χ0n) is 37.7. The molecule has 9 rings (SSSR count). The maximum atomic E-state index is 6.48. The van der Waals surface area contributed by atoms with Crippen LogP contribution in [0.15, 0.2) is 126 Å². The van der Waals surface area contributed by atoms with Crippen molar-refractivity contribution in [3.63, 3.8) is 0 Å². The fourth-order valence-corrected chi connectivity index (χ4v) is 9.77. The number of aryl methyl sites for hydroxylation is 1. The van der Waals surface area contributed by atoms with E-state index in [4.69, 9.17) is 14.4 Å². The van der Waals surface area contributed by atoms with Crippen LogP contribution in [0.25, 0.3) is 72.6 Å². The van der Waals surface area contributed by atoms with Gasteiger partial charge in [0.05, 0.1) is 42.2 Å². The van der Waals surface area contributed by atoms with Crippen molar-refractivity contribution in [3.8, 4) is 39.5 Å². The number of nitrogens with zero attached hydrogens (tertiary/aromatic N) is 5. The number of fused-ring (bicyclic) bond motifs is 4. The summed E-state index contributed by atoms with van der Waals surface area (Å²) in [5, 5.41) is 2.47. The molecule has 5 heterocycles. The molecule has 8 heteroatoms. The van der Waals surface area contributed by atoms with Crippen molar-refractivity contribution in [2.24, 2.45) is 0 Å². The summed E-state index contributed by atoms with van der Waals surface area (Å²) in [6.45, 7) is 24.9. The molecule has 0 aliphatic rings.